The van der Waals surface area contributed by atoms with Gasteiger partial charge in [0.1, 0.15) is 5.75 Å². The largest absolute Gasteiger partial charge is 0.493 e. The fraction of sp³-hybridized carbons (Fsp3) is 0.571. The van der Waals surface area contributed by atoms with Crippen molar-refractivity contribution in [3.63, 3.8) is 0 Å². The molecule has 4 heteroatoms. The number of hydrogen-bond acceptors (Lipinski definition) is 3. The lowest BCUT2D eigenvalue weighted by Gasteiger charge is -2.15. The maximum Gasteiger partial charge on any atom is 0.123 e. The molecular weight excluding hydrogens is 310 g/mol. The Morgan fingerprint density at radius 1 is 1.44 bits per heavy atom. The number of ether oxygens (including phenoxy) is 1. The average molecular weight is 332 g/mol. The number of nitrogens with one attached hydrogen (secondary N) is 1. The van der Waals surface area contributed by atoms with Crippen LogP contribution in [0.4, 0.5) is 0 Å². The Bertz CT molecular complexity index is 360. The van der Waals surface area contributed by atoms with E-state index < -0.39 is 0 Å². The Labute approximate surface area is 123 Å². The third kappa shape index (κ3) is 5.63. The van der Waals surface area contributed by atoms with Gasteiger partial charge in [-0.1, -0.05) is 22.9 Å². The molecule has 1 unspecified atom stereocenters. The Hall–Kier alpha value is -0.190. The molecule has 1 N–H and O–H groups in total. The first-order valence-electron chi connectivity index (χ1n) is 6.31. The maximum absolute atomic E-state index is 5.77. The van der Waals surface area contributed by atoms with Crippen LogP contribution in [-0.4, -0.2) is 24.7 Å². The number of hydrogen-bond donors (Lipinski definition) is 1. The summed E-state index contributed by atoms with van der Waals surface area (Å²) in [5, 5.41) is 3.52. The van der Waals surface area contributed by atoms with Gasteiger partial charge in [0.15, 0.2) is 0 Å². The van der Waals surface area contributed by atoms with Crippen molar-refractivity contribution < 1.29 is 4.74 Å². The third-order valence-corrected chi connectivity index (χ3v) is 3.87. The molecule has 0 fully saturated rings. The van der Waals surface area contributed by atoms with Crippen LogP contribution in [0.25, 0.3) is 0 Å². The molecule has 0 saturated carbocycles. The van der Waals surface area contributed by atoms with Crippen molar-refractivity contribution in [1.29, 1.82) is 0 Å². The van der Waals surface area contributed by atoms with Crippen molar-refractivity contribution in [2.24, 2.45) is 0 Å². The van der Waals surface area contributed by atoms with Gasteiger partial charge >= 0.3 is 0 Å². The molecule has 0 bridgehead atoms. The summed E-state index contributed by atoms with van der Waals surface area (Å²) in [6.07, 6.45) is 3.17. The molecule has 2 nitrogen and oxygen atoms in total. The molecule has 0 saturated heterocycles. The lowest BCUT2D eigenvalue weighted by atomic mass is 10.2. The van der Waals surface area contributed by atoms with Gasteiger partial charge in [0.2, 0.25) is 0 Å². The standard InChI is InChI=1S/C14H22BrNOS/c1-4-7-17-14-6-5-13(15)8-12(14)9-16-11(2)10-18-3/h5-6,8,11,16H,4,7,9-10H2,1-3H3. The second-order valence-corrected chi connectivity index (χ2v) is 6.16. The highest BCUT2D eigenvalue weighted by Gasteiger charge is 2.06. The lowest BCUT2D eigenvalue weighted by molar-refractivity contribution is 0.313. The van der Waals surface area contributed by atoms with E-state index in [1.54, 1.807) is 0 Å². The molecule has 1 atom stereocenters. The Morgan fingerprint density at radius 2 is 2.22 bits per heavy atom. The summed E-state index contributed by atoms with van der Waals surface area (Å²) in [4.78, 5) is 0. The minimum Gasteiger partial charge on any atom is -0.493 e. The Kier molecular flexibility index (Phi) is 7.79. The average Bonchev–Trinajstić information content (AvgIpc) is 2.35. The number of rotatable bonds is 8. The third-order valence-electron chi connectivity index (χ3n) is 2.54. The van der Waals surface area contributed by atoms with Gasteiger partial charge in [0.05, 0.1) is 6.61 Å². The van der Waals surface area contributed by atoms with Crippen LogP contribution >= 0.6 is 27.7 Å². The topological polar surface area (TPSA) is 21.3 Å². The van der Waals surface area contributed by atoms with Crippen molar-refractivity contribution in [2.45, 2.75) is 32.9 Å². The van der Waals surface area contributed by atoms with E-state index >= 15 is 0 Å². The molecule has 1 aromatic rings. The monoisotopic (exact) mass is 331 g/mol. The van der Waals surface area contributed by atoms with Crippen molar-refractivity contribution in [2.75, 3.05) is 18.6 Å². The molecule has 1 rings (SSSR count). The zero-order chi connectivity index (χ0) is 13.4. The highest BCUT2D eigenvalue weighted by molar-refractivity contribution is 9.10. The summed E-state index contributed by atoms with van der Waals surface area (Å²) in [6, 6.07) is 6.71. The van der Waals surface area contributed by atoms with Crippen molar-refractivity contribution in [3.05, 3.63) is 28.2 Å². The summed E-state index contributed by atoms with van der Waals surface area (Å²) in [6.45, 7) is 5.95. The van der Waals surface area contributed by atoms with Crippen LogP contribution < -0.4 is 10.1 Å². The molecule has 0 aromatic heterocycles. The first-order chi connectivity index (χ1) is 8.67. The highest BCUT2D eigenvalue weighted by Crippen LogP contribution is 2.23. The summed E-state index contributed by atoms with van der Waals surface area (Å²) < 4.78 is 6.87. The normalized spacial score (nSPS) is 12.4. The fourth-order valence-corrected chi connectivity index (χ4v) is 2.66. The first-order valence-corrected chi connectivity index (χ1v) is 8.49. The van der Waals surface area contributed by atoms with Crippen LogP contribution in [0.3, 0.4) is 0 Å². The van der Waals surface area contributed by atoms with Gasteiger partial charge in [-0.15, -0.1) is 0 Å². The number of thioether (sulfide) groups is 1. The summed E-state index contributed by atoms with van der Waals surface area (Å²) in [5.74, 6) is 2.11. The van der Waals surface area contributed by atoms with E-state index in [1.807, 2.05) is 23.9 Å². The van der Waals surface area contributed by atoms with Gasteiger partial charge in [-0.25, -0.2) is 0 Å². The fourth-order valence-electron chi connectivity index (χ4n) is 1.63. The minimum atomic E-state index is 0.512. The molecule has 0 aliphatic rings. The van der Waals surface area contributed by atoms with Crippen LogP contribution in [0, 0.1) is 0 Å². The number of benzene rings is 1. The van der Waals surface area contributed by atoms with E-state index in [1.165, 1.54) is 5.56 Å². The predicted molar refractivity (Wildman–Crippen MR) is 84.6 cm³/mol. The second-order valence-electron chi connectivity index (χ2n) is 4.34. The molecule has 102 valence electrons. The van der Waals surface area contributed by atoms with Gasteiger partial charge in [-0.05, 0) is 37.8 Å². The van der Waals surface area contributed by atoms with Gasteiger partial charge in [-0.2, -0.15) is 11.8 Å². The Morgan fingerprint density at radius 3 is 2.89 bits per heavy atom. The highest BCUT2D eigenvalue weighted by atomic mass is 79.9. The van der Waals surface area contributed by atoms with Crippen molar-refractivity contribution in [1.82, 2.24) is 5.32 Å². The molecule has 0 aliphatic carbocycles. The van der Waals surface area contributed by atoms with E-state index in [0.717, 1.165) is 35.5 Å². The van der Waals surface area contributed by atoms with E-state index in [4.69, 9.17) is 4.74 Å². The molecule has 1 aromatic carbocycles. The molecule has 0 heterocycles. The second kappa shape index (κ2) is 8.83. The molecule has 0 aliphatic heterocycles. The molecule has 18 heavy (non-hydrogen) atoms. The van der Waals surface area contributed by atoms with Crippen LogP contribution in [-0.2, 0) is 6.54 Å². The summed E-state index contributed by atoms with van der Waals surface area (Å²) in [7, 11) is 0. The van der Waals surface area contributed by atoms with Gasteiger partial charge in [0.25, 0.3) is 0 Å². The first kappa shape index (κ1) is 15.9. The summed E-state index contributed by atoms with van der Waals surface area (Å²) >= 11 is 5.38. The van der Waals surface area contributed by atoms with E-state index in [2.05, 4.69) is 47.4 Å². The molecule has 0 spiro atoms. The zero-order valence-corrected chi connectivity index (χ0v) is 13.7. The zero-order valence-electron chi connectivity index (χ0n) is 11.3. The van der Waals surface area contributed by atoms with Crippen molar-refractivity contribution >= 4 is 27.7 Å². The van der Waals surface area contributed by atoms with Gasteiger partial charge in [0, 0.05) is 28.4 Å². The van der Waals surface area contributed by atoms with Gasteiger partial charge in [-0.3, -0.25) is 0 Å². The predicted octanol–water partition coefficient (Wildman–Crippen LogP) is 4.08. The summed E-state index contributed by atoms with van der Waals surface area (Å²) in [5.41, 5.74) is 1.21. The molecule has 0 radical (unpaired) electrons. The quantitative estimate of drug-likeness (QED) is 0.775. The smallest absolute Gasteiger partial charge is 0.123 e. The number of halogens is 1. The molecule has 0 amide bonds. The molecular formula is C14H22BrNOS. The van der Waals surface area contributed by atoms with Gasteiger partial charge < -0.3 is 10.1 Å². The van der Waals surface area contributed by atoms with E-state index in [-0.39, 0.29) is 0 Å². The SMILES string of the molecule is CCCOc1ccc(Br)cc1CNC(C)CSC. The van der Waals surface area contributed by atoms with Crippen LogP contribution in [0.5, 0.6) is 5.75 Å². The lowest BCUT2D eigenvalue weighted by Crippen LogP contribution is -2.27. The van der Waals surface area contributed by atoms with E-state index in [9.17, 15) is 0 Å². The Balaban J connectivity index is 2.63. The minimum absolute atomic E-state index is 0.512. The van der Waals surface area contributed by atoms with Crippen LogP contribution in [0.1, 0.15) is 25.8 Å². The van der Waals surface area contributed by atoms with Crippen LogP contribution in [0.15, 0.2) is 22.7 Å². The van der Waals surface area contributed by atoms with Crippen molar-refractivity contribution in [3.8, 4) is 5.75 Å². The maximum atomic E-state index is 5.77. The van der Waals surface area contributed by atoms with Crippen LogP contribution in [0.2, 0.25) is 0 Å². The van der Waals surface area contributed by atoms with E-state index in [0.29, 0.717) is 6.04 Å².